The van der Waals surface area contributed by atoms with Crippen molar-refractivity contribution in [2.75, 3.05) is 0 Å². The second-order valence-corrected chi connectivity index (χ2v) is 11.2. The molecule has 0 fully saturated rings. The van der Waals surface area contributed by atoms with Gasteiger partial charge in [-0.2, -0.15) is 10.5 Å². The Hall–Kier alpha value is -4.61. The summed E-state index contributed by atoms with van der Waals surface area (Å²) >= 11 is 0. The molecule has 0 aliphatic heterocycles. The molecule has 2 aromatic carbocycles. The first-order valence-electron chi connectivity index (χ1n) is 13.8. The molecule has 2 aliphatic rings. The van der Waals surface area contributed by atoms with Crippen molar-refractivity contribution in [1.82, 2.24) is 14.1 Å². The van der Waals surface area contributed by atoms with Gasteiger partial charge in [-0.25, -0.2) is 4.98 Å². The van der Waals surface area contributed by atoms with E-state index in [1.807, 2.05) is 12.1 Å². The fourth-order valence-corrected chi connectivity index (χ4v) is 6.95. The minimum absolute atomic E-state index is 0.0105. The second kappa shape index (κ2) is 8.72. The minimum atomic E-state index is 0.0105. The Morgan fingerprint density at radius 3 is 2.44 bits per heavy atom. The molecular formula is C34H29N5. The van der Waals surface area contributed by atoms with Crippen LogP contribution in [0.4, 0.5) is 0 Å². The van der Waals surface area contributed by atoms with Crippen molar-refractivity contribution in [3.63, 3.8) is 0 Å². The Morgan fingerprint density at radius 1 is 0.872 bits per heavy atom. The van der Waals surface area contributed by atoms with Crippen molar-refractivity contribution in [1.29, 1.82) is 10.5 Å². The van der Waals surface area contributed by atoms with Crippen LogP contribution in [-0.4, -0.2) is 14.1 Å². The number of fused-ring (bicyclic) bond motifs is 6. The molecule has 0 N–H and O–H groups in total. The largest absolute Gasteiger partial charge is 0.298 e. The molecule has 5 aromatic rings. The van der Waals surface area contributed by atoms with E-state index in [4.69, 9.17) is 4.98 Å². The van der Waals surface area contributed by atoms with Crippen LogP contribution in [0.15, 0.2) is 66.7 Å². The van der Waals surface area contributed by atoms with Crippen molar-refractivity contribution in [3.05, 3.63) is 94.8 Å². The van der Waals surface area contributed by atoms with Gasteiger partial charge in [0.2, 0.25) is 0 Å². The highest BCUT2D eigenvalue weighted by molar-refractivity contribution is 5.92. The Morgan fingerprint density at radius 2 is 1.64 bits per heavy atom. The molecule has 0 bridgehead atoms. The van der Waals surface area contributed by atoms with E-state index < -0.39 is 0 Å². The molecule has 0 radical (unpaired) electrons. The number of hydrogen-bond acceptors (Lipinski definition) is 3. The van der Waals surface area contributed by atoms with Gasteiger partial charge in [0, 0.05) is 16.5 Å². The third-order valence-electron chi connectivity index (χ3n) is 8.78. The molecule has 3 heterocycles. The molecule has 7 rings (SSSR count). The molecule has 39 heavy (non-hydrogen) atoms. The standard InChI is InChI=1S/C34H29N5/c1-20-11-13-29-26(15-20)27-17-23(18-35)12-14-30(27)38(29)31-9-6-10-32(37-31)39-28-8-5-4-7-25(28)33-22(3)24(19-36)16-21(2)34(33)39/h4-14,17,20-22,24H,15-16H2,1-3H3. The average molecular weight is 508 g/mol. The van der Waals surface area contributed by atoms with Crippen molar-refractivity contribution in [2.45, 2.75) is 45.4 Å². The van der Waals surface area contributed by atoms with Crippen LogP contribution in [0.3, 0.4) is 0 Å². The quantitative estimate of drug-likeness (QED) is 0.245. The number of rotatable bonds is 2. The summed E-state index contributed by atoms with van der Waals surface area (Å²) in [5, 5.41) is 21.8. The van der Waals surface area contributed by atoms with E-state index in [1.165, 1.54) is 22.2 Å². The van der Waals surface area contributed by atoms with Crippen LogP contribution in [0.5, 0.6) is 0 Å². The lowest BCUT2D eigenvalue weighted by atomic mass is 9.74. The second-order valence-electron chi connectivity index (χ2n) is 11.2. The highest BCUT2D eigenvalue weighted by Crippen LogP contribution is 2.47. The van der Waals surface area contributed by atoms with E-state index in [-0.39, 0.29) is 17.8 Å². The third-order valence-corrected chi connectivity index (χ3v) is 8.78. The van der Waals surface area contributed by atoms with Gasteiger partial charge in [-0.3, -0.25) is 9.13 Å². The van der Waals surface area contributed by atoms with E-state index >= 15 is 0 Å². The number of nitrogens with zero attached hydrogens (tertiary/aromatic N) is 5. The Bertz CT molecular complexity index is 1900. The molecule has 5 heteroatoms. The van der Waals surface area contributed by atoms with Crippen molar-refractivity contribution in [2.24, 2.45) is 11.8 Å². The van der Waals surface area contributed by atoms with Gasteiger partial charge in [0.05, 0.1) is 40.3 Å². The van der Waals surface area contributed by atoms with Gasteiger partial charge in [-0.05, 0) is 84.2 Å². The minimum Gasteiger partial charge on any atom is -0.298 e. The molecule has 0 amide bonds. The van der Waals surface area contributed by atoms with Crippen LogP contribution >= 0.6 is 0 Å². The number of hydrogen-bond donors (Lipinski definition) is 0. The Kier molecular flexibility index (Phi) is 5.25. The molecule has 190 valence electrons. The molecule has 4 atom stereocenters. The highest BCUT2D eigenvalue weighted by atomic mass is 15.1. The number of nitriles is 2. The number of allylic oxidation sites excluding steroid dienone is 1. The maximum absolute atomic E-state index is 9.88. The summed E-state index contributed by atoms with van der Waals surface area (Å²) in [6, 6.07) is 25.6. The predicted octanol–water partition coefficient (Wildman–Crippen LogP) is 7.80. The number of benzene rings is 2. The molecule has 0 saturated carbocycles. The molecule has 5 nitrogen and oxygen atoms in total. The third kappa shape index (κ3) is 3.40. The molecular weight excluding hydrogens is 478 g/mol. The fraction of sp³-hybridized carbons (Fsp3) is 0.265. The predicted molar refractivity (Wildman–Crippen MR) is 155 cm³/mol. The summed E-state index contributed by atoms with van der Waals surface area (Å²) in [4.78, 5) is 5.30. The molecule has 2 aliphatic carbocycles. The maximum Gasteiger partial charge on any atom is 0.140 e. The normalized spacial score (nSPS) is 21.9. The van der Waals surface area contributed by atoms with E-state index in [0.29, 0.717) is 11.5 Å². The summed E-state index contributed by atoms with van der Waals surface area (Å²) in [7, 11) is 0. The lowest BCUT2D eigenvalue weighted by molar-refractivity contribution is 0.429. The molecule has 0 saturated heterocycles. The summed E-state index contributed by atoms with van der Waals surface area (Å²) in [5.41, 5.74) is 7.85. The Labute approximate surface area is 228 Å². The van der Waals surface area contributed by atoms with Crippen LogP contribution in [0.2, 0.25) is 0 Å². The SMILES string of the molecule is CC1C=Cc2c(c3cc(C#N)ccc3n2-c2cccc(-n3c4c(c5ccccc53)C(C)C(C#N)CC4C)n2)C1. The summed E-state index contributed by atoms with van der Waals surface area (Å²) < 4.78 is 4.57. The topological polar surface area (TPSA) is 70.3 Å². The summed E-state index contributed by atoms with van der Waals surface area (Å²) in [5.74, 6) is 2.61. The van der Waals surface area contributed by atoms with Gasteiger partial charge in [0.1, 0.15) is 11.6 Å². The molecule has 3 aromatic heterocycles. The first kappa shape index (κ1) is 23.5. The molecule has 4 unspecified atom stereocenters. The van der Waals surface area contributed by atoms with Gasteiger partial charge < -0.3 is 0 Å². The first-order chi connectivity index (χ1) is 19.0. The lowest BCUT2D eigenvalue weighted by Gasteiger charge is -2.30. The zero-order chi connectivity index (χ0) is 26.8. The number of para-hydroxylation sites is 1. The van der Waals surface area contributed by atoms with Crippen molar-refractivity contribution < 1.29 is 0 Å². The van der Waals surface area contributed by atoms with Gasteiger partial charge in [-0.15, -0.1) is 0 Å². The fourth-order valence-electron chi connectivity index (χ4n) is 6.95. The molecule has 0 spiro atoms. The first-order valence-corrected chi connectivity index (χ1v) is 13.8. The van der Waals surface area contributed by atoms with Crippen LogP contribution in [0.1, 0.15) is 67.1 Å². The Balaban J connectivity index is 1.48. The number of aromatic nitrogens is 3. The zero-order valence-corrected chi connectivity index (χ0v) is 22.4. The average Bonchev–Trinajstić information content (AvgIpc) is 3.48. The van der Waals surface area contributed by atoms with Crippen molar-refractivity contribution >= 4 is 27.9 Å². The van der Waals surface area contributed by atoms with Crippen LogP contribution < -0.4 is 0 Å². The van der Waals surface area contributed by atoms with E-state index in [1.54, 1.807) is 0 Å². The van der Waals surface area contributed by atoms with Crippen LogP contribution in [0.25, 0.3) is 39.5 Å². The van der Waals surface area contributed by atoms with Crippen LogP contribution in [-0.2, 0) is 6.42 Å². The zero-order valence-electron chi connectivity index (χ0n) is 22.4. The van der Waals surface area contributed by atoms with E-state index in [2.05, 4.69) is 103 Å². The van der Waals surface area contributed by atoms with E-state index in [0.717, 1.165) is 46.6 Å². The highest BCUT2D eigenvalue weighted by Gasteiger charge is 2.36. The van der Waals surface area contributed by atoms with Crippen LogP contribution in [0, 0.1) is 34.5 Å². The van der Waals surface area contributed by atoms with Gasteiger partial charge in [0.25, 0.3) is 0 Å². The number of pyridine rings is 1. The van der Waals surface area contributed by atoms with E-state index in [9.17, 15) is 10.5 Å². The summed E-state index contributed by atoms with van der Waals surface area (Å²) in [6.07, 6.45) is 6.26. The van der Waals surface area contributed by atoms with Gasteiger partial charge in [0.15, 0.2) is 0 Å². The summed E-state index contributed by atoms with van der Waals surface area (Å²) in [6.45, 7) is 6.66. The monoisotopic (exact) mass is 507 g/mol. The van der Waals surface area contributed by atoms with Gasteiger partial charge >= 0.3 is 0 Å². The maximum atomic E-state index is 9.88. The smallest absolute Gasteiger partial charge is 0.140 e. The van der Waals surface area contributed by atoms with Gasteiger partial charge in [-0.1, -0.05) is 51.1 Å². The van der Waals surface area contributed by atoms with Crippen molar-refractivity contribution in [3.8, 4) is 23.8 Å². The lowest BCUT2D eigenvalue weighted by Crippen LogP contribution is -2.21.